The maximum Gasteiger partial charge on any atom is 0.410 e. The first-order chi connectivity index (χ1) is 14.4. The lowest BCUT2D eigenvalue weighted by Gasteiger charge is -2.32. The van der Waals surface area contributed by atoms with Crippen LogP contribution in [0, 0.1) is 0 Å². The minimum atomic E-state index is -3.43. The Morgan fingerprint density at radius 2 is 1.87 bits per heavy atom. The molecule has 9 heteroatoms. The normalized spacial score (nSPS) is 27.2. The van der Waals surface area contributed by atoms with Gasteiger partial charge in [-0.25, -0.2) is 22.3 Å². The highest BCUT2D eigenvalue weighted by Gasteiger charge is 2.40. The number of rotatable bonds is 8. The molecule has 1 heterocycles. The Morgan fingerprint density at radius 3 is 2.50 bits per heavy atom. The molecule has 0 radical (unpaired) electrons. The fourth-order valence-corrected chi connectivity index (χ4v) is 5.26. The van der Waals surface area contributed by atoms with E-state index in [1.54, 1.807) is 0 Å². The smallest absolute Gasteiger partial charge is 0.410 e. The van der Waals surface area contributed by atoms with E-state index in [0.29, 0.717) is 18.9 Å². The van der Waals surface area contributed by atoms with E-state index in [1.165, 1.54) is 10.5 Å². The SMILES string of the molecule is CS(=O)(=O)N[C@H]1CCN(C(=O)OCCF)C1COC1CCC(c2ccccc2)CC1. The zero-order valence-electron chi connectivity index (χ0n) is 17.3. The van der Waals surface area contributed by atoms with E-state index in [9.17, 15) is 17.6 Å². The number of nitrogens with zero attached hydrogens (tertiary/aromatic N) is 1. The van der Waals surface area contributed by atoms with Crippen LogP contribution in [0.3, 0.4) is 0 Å². The molecule has 1 aliphatic carbocycles. The number of likely N-dealkylation sites (tertiary alicyclic amines) is 1. The summed E-state index contributed by atoms with van der Waals surface area (Å²) in [4.78, 5) is 13.7. The van der Waals surface area contributed by atoms with Gasteiger partial charge < -0.3 is 14.4 Å². The van der Waals surface area contributed by atoms with Gasteiger partial charge in [-0.15, -0.1) is 0 Å². The summed E-state index contributed by atoms with van der Waals surface area (Å²) in [6.45, 7) is -0.501. The standard InChI is InChI=1S/C21H31FN2O5S/c1-30(26,27)23-19-11-13-24(21(25)28-14-12-22)20(19)15-29-18-9-7-17(8-10-18)16-5-3-2-4-6-16/h2-6,17-20,23H,7-15H2,1H3/t17?,18?,19-,20?/m0/s1. The topological polar surface area (TPSA) is 84.9 Å². The van der Waals surface area contributed by atoms with Crippen molar-refractivity contribution < 1.29 is 27.1 Å². The highest BCUT2D eigenvalue weighted by Crippen LogP contribution is 2.34. The molecule has 1 saturated heterocycles. The maximum absolute atomic E-state index is 12.4. The van der Waals surface area contributed by atoms with Crippen LogP contribution >= 0.6 is 0 Å². The zero-order chi connectivity index (χ0) is 21.6. The third-order valence-electron chi connectivity index (χ3n) is 5.90. The van der Waals surface area contributed by atoms with Crippen molar-refractivity contribution in [2.24, 2.45) is 0 Å². The molecular formula is C21H31FN2O5S. The molecule has 3 rings (SSSR count). The average molecular weight is 443 g/mol. The van der Waals surface area contributed by atoms with Crippen LogP contribution < -0.4 is 4.72 Å². The number of amides is 1. The summed E-state index contributed by atoms with van der Waals surface area (Å²) >= 11 is 0. The van der Waals surface area contributed by atoms with Gasteiger partial charge in [0.15, 0.2) is 0 Å². The summed E-state index contributed by atoms with van der Waals surface area (Å²) in [5, 5.41) is 0. The number of halogens is 1. The van der Waals surface area contributed by atoms with Crippen LogP contribution in [0.25, 0.3) is 0 Å². The van der Waals surface area contributed by atoms with Crippen molar-refractivity contribution in [3.8, 4) is 0 Å². The average Bonchev–Trinajstić information content (AvgIpc) is 3.12. The molecule has 0 aromatic heterocycles. The molecule has 7 nitrogen and oxygen atoms in total. The molecule has 1 unspecified atom stereocenters. The zero-order valence-corrected chi connectivity index (χ0v) is 18.2. The first kappa shape index (κ1) is 23.0. The molecule has 1 N–H and O–H groups in total. The summed E-state index contributed by atoms with van der Waals surface area (Å²) in [6.07, 6.45) is 4.91. The van der Waals surface area contributed by atoms with Gasteiger partial charge in [0.05, 0.1) is 25.0 Å². The fraction of sp³-hybridized carbons (Fsp3) is 0.667. The molecule has 1 aliphatic heterocycles. The maximum atomic E-state index is 12.4. The van der Waals surface area contributed by atoms with Crippen molar-refractivity contribution in [2.75, 3.05) is 32.7 Å². The van der Waals surface area contributed by atoms with Gasteiger partial charge in [-0.2, -0.15) is 0 Å². The summed E-state index contributed by atoms with van der Waals surface area (Å²) in [5.41, 5.74) is 1.35. The molecule has 30 heavy (non-hydrogen) atoms. The number of ether oxygens (including phenoxy) is 2. The lowest BCUT2D eigenvalue weighted by Crippen LogP contribution is -2.49. The van der Waals surface area contributed by atoms with Crippen molar-refractivity contribution in [1.29, 1.82) is 0 Å². The Morgan fingerprint density at radius 1 is 1.17 bits per heavy atom. The minimum Gasteiger partial charge on any atom is -0.447 e. The van der Waals surface area contributed by atoms with E-state index in [-0.39, 0.29) is 19.3 Å². The third kappa shape index (κ3) is 6.39. The molecule has 1 amide bonds. The molecule has 1 saturated carbocycles. The number of sulfonamides is 1. The lowest BCUT2D eigenvalue weighted by atomic mass is 9.83. The number of nitrogens with one attached hydrogen (secondary N) is 1. The molecule has 168 valence electrons. The van der Waals surface area contributed by atoms with Gasteiger partial charge in [0.1, 0.15) is 13.3 Å². The van der Waals surface area contributed by atoms with E-state index in [0.717, 1.165) is 31.9 Å². The van der Waals surface area contributed by atoms with Crippen LogP contribution in [0.5, 0.6) is 0 Å². The molecule has 0 spiro atoms. The van der Waals surface area contributed by atoms with E-state index in [1.807, 2.05) is 6.07 Å². The van der Waals surface area contributed by atoms with E-state index < -0.39 is 34.9 Å². The van der Waals surface area contributed by atoms with Crippen molar-refractivity contribution in [3.63, 3.8) is 0 Å². The van der Waals surface area contributed by atoms with E-state index in [2.05, 4.69) is 29.0 Å². The summed E-state index contributed by atoms with van der Waals surface area (Å²) in [5.74, 6) is 0.532. The number of benzene rings is 1. The Bertz CT molecular complexity index is 784. The van der Waals surface area contributed by atoms with Gasteiger partial charge in [-0.3, -0.25) is 0 Å². The Balaban J connectivity index is 1.56. The molecule has 1 aromatic rings. The van der Waals surface area contributed by atoms with E-state index in [4.69, 9.17) is 9.47 Å². The Kier molecular flexibility index (Phi) is 8.07. The molecular weight excluding hydrogens is 411 g/mol. The van der Waals surface area contributed by atoms with Crippen molar-refractivity contribution >= 4 is 16.1 Å². The summed E-state index contributed by atoms with van der Waals surface area (Å²) in [7, 11) is -3.43. The second-order valence-corrected chi connectivity index (χ2v) is 9.85. The number of carbonyl (C=O) groups excluding carboxylic acids is 1. The number of hydrogen-bond acceptors (Lipinski definition) is 5. The van der Waals surface area contributed by atoms with Gasteiger partial charge in [0, 0.05) is 12.6 Å². The quantitative estimate of drug-likeness (QED) is 0.669. The van der Waals surface area contributed by atoms with Crippen LogP contribution in [-0.4, -0.2) is 70.3 Å². The van der Waals surface area contributed by atoms with E-state index >= 15 is 0 Å². The summed E-state index contributed by atoms with van der Waals surface area (Å²) in [6, 6.07) is 9.54. The van der Waals surface area contributed by atoms with Gasteiger partial charge in [-0.05, 0) is 43.6 Å². The lowest BCUT2D eigenvalue weighted by molar-refractivity contribution is -0.00718. The molecule has 0 bridgehead atoms. The van der Waals surface area contributed by atoms with Crippen molar-refractivity contribution in [2.45, 2.75) is 56.2 Å². The molecule has 2 aliphatic rings. The highest BCUT2D eigenvalue weighted by atomic mass is 32.2. The van der Waals surface area contributed by atoms with Crippen LogP contribution in [0.2, 0.25) is 0 Å². The van der Waals surface area contributed by atoms with Crippen molar-refractivity contribution in [3.05, 3.63) is 35.9 Å². The van der Waals surface area contributed by atoms with Crippen LogP contribution in [0.4, 0.5) is 9.18 Å². The van der Waals surface area contributed by atoms with Gasteiger partial charge in [0.2, 0.25) is 10.0 Å². The third-order valence-corrected chi connectivity index (χ3v) is 6.63. The largest absolute Gasteiger partial charge is 0.447 e. The second kappa shape index (κ2) is 10.5. The van der Waals surface area contributed by atoms with Crippen LogP contribution in [0.1, 0.15) is 43.6 Å². The number of alkyl halides is 1. The molecule has 2 fully saturated rings. The van der Waals surface area contributed by atoms with Gasteiger partial charge in [0.25, 0.3) is 0 Å². The second-order valence-electron chi connectivity index (χ2n) is 8.07. The first-order valence-electron chi connectivity index (χ1n) is 10.5. The van der Waals surface area contributed by atoms with Crippen molar-refractivity contribution in [1.82, 2.24) is 9.62 Å². The van der Waals surface area contributed by atoms with Gasteiger partial charge >= 0.3 is 6.09 Å². The first-order valence-corrected chi connectivity index (χ1v) is 12.4. The fourth-order valence-electron chi connectivity index (χ4n) is 4.43. The predicted octanol–water partition coefficient (Wildman–Crippen LogP) is 2.83. The highest BCUT2D eigenvalue weighted by molar-refractivity contribution is 7.88. The molecule has 1 aromatic carbocycles. The summed E-state index contributed by atoms with van der Waals surface area (Å²) < 4.78 is 49.4. The van der Waals surface area contributed by atoms with Crippen LogP contribution in [-0.2, 0) is 19.5 Å². The number of hydrogen-bond donors (Lipinski definition) is 1. The molecule has 2 atom stereocenters. The number of carbonyl (C=O) groups is 1. The minimum absolute atomic E-state index is 0.0770. The monoisotopic (exact) mass is 442 g/mol. The van der Waals surface area contributed by atoms with Gasteiger partial charge in [-0.1, -0.05) is 30.3 Å². The van der Waals surface area contributed by atoms with Crippen LogP contribution in [0.15, 0.2) is 30.3 Å². The predicted molar refractivity (Wildman–Crippen MR) is 112 cm³/mol. The Labute approximate surface area is 178 Å². The Hall–Kier alpha value is -1.71.